The Labute approximate surface area is 116 Å². The van der Waals surface area contributed by atoms with Crippen molar-refractivity contribution in [2.24, 2.45) is 17.3 Å². The lowest BCUT2D eigenvalue weighted by molar-refractivity contribution is 0.0231. The van der Waals surface area contributed by atoms with Crippen LogP contribution >= 0.6 is 11.6 Å². The Hall–Kier alpha value is -1.11. The summed E-state index contributed by atoms with van der Waals surface area (Å²) in [6, 6.07) is 6.63. The van der Waals surface area contributed by atoms with Crippen molar-refractivity contribution in [3.63, 3.8) is 0 Å². The van der Waals surface area contributed by atoms with E-state index in [0.29, 0.717) is 11.5 Å². The first-order valence-electron chi connectivity index (χ1n) is 6.61. The van der Waals surface area contributed by atoms with E-state index in [9.17, 15) is 14.8 Å². The maximum Gasteiger partial charge on any atom is 0.142 e. The fourth-order valence-corrected chi connectivity index (χ4v) is 4.00. The number of fused-ring (bicyclic) bond motifs is 2. The molecular weight excluding hydrogens is 265 g/mol. The zero-order valence-electron chi connectivity index (χ0n) is 10.4. The van der Waals surface area contributed by atoms with Gasteiger partial charge in [0, 0.05) is 0 Å². The first kappa shape index (κ1) is 12.9. The molecule has 0 saturated heterocycles. The predicted molar refractivity (Wildman–Crippen MR) is 69.9 cm³/mol. The third-order valence-electron chi connectivity index (χ3n) is 4.85. The van der Waals surface area contributed by atoms with Crippen molar-refractivity contribution in [3.8, 4) is 6.07 Å². The minimum Gasteiger partial charge on any atom is -0.387 e. The number of aliphatic hydroxyl groups excluding tert-OH is 1. The highest BCUT2D eigenvalue weighted by atomic mass is 35.5. The second-order valence-corrected chi connectivity index (χ2v) is 6.22. The molecule has 2 saturated carbocycles. The first-order valence-corrected chi connectivity index (χ1v) is 6.99. The smallest absolute Gasteiger partial charge is 0.142 e. The SMILES string of the molecule is N#CC1(C(O)c2ccc(Cl)c(F)c2)CC2CCC1C2. The number of nitrogens with zero attached hydrogens (tertiary/aromatic N) is 1. The molecule has 1 aromatic carbocycles. The molecule has 2 aliphatic carbocycles. The number of rotatable bonds is 2. The van der Waals surface area contributed by atoms with Gasteiger partial charge in [0.1, 0.15) is 5.82 Å². The maximum atomic E-state index is 13.5. The van der Waals surface area contributed by atoms with E-state index in [-0.39, 0.29) is 10.9 Å². The van der Waals surface area contributed by atoms with Gasteiger partial charge in [-0.15, -0.1) is 0 Å². The molecule has 1 N–H and O–H groups in total. The fourth-order valence-electron chi connectivity index (χ4n) is 3.89. The number of benzene rings is 1. The molecule has 100 valence electrons. The molecule has 0 amide bonds. The van der Waals surface area contributed by atoms with E-state index in [1.165, 1.54) is 12.1 Å². The molecule has 19 heavy (non-hydrogen) atoms. The van der Waals surface area contributed by atoms with Gasteiger partial charge in [0.2, 0.25) is 0 Å². The third kappa shape index (κ3) is 1.86. The number of halogens is 2. The highest BCUT2D eigenvalue weighted by Crippen LogP contribution is 2.60. The number of hydrogen-bond donors (Lipinski definition) is 1. The lowest BCUT2D eigenvalue weighted by Crippen LogP contribution is -2.33. The average Bonchev–Trinajstić information content (AvgIpc) is 3.02. The molecule has 3 rings (SSSR count). The van der Waals surface area contributed by atoms with Crippen LogP contribution in [0.3, 0.4) is 0 Å². The van der Waals surface area contributed by atoms with E-state index in [4.69, 9.17) is 11.6 Å². The van der Waals surface area contributed by atoms with Crippen molar-refractivity contribution in [3.05, 3.63) is 34.6 Å². The van der Waals surface area contributed by atoms with Crippen molar-refractivity contribution in [1.29, 1.82) is 5.26 Å². The standard InChI is InChI=1S/C15H15ClFNO/c16-12-4-2-10(6-13(12)17)14(19)15(8-18)7-9-1-3-11(15)5-9/h2,4,6,9,11,14,19H,1,3,5,7H2. The topological polar surface area (TPSA) is 44.0 Å². The lowest BCUT2D eigenvalue weighted by Gasteiger charge is -2.35. The zero-order chi connectivity index (χ0) is 13.6. The van der Waals surface area contributed by atoms with Crippen molar-refractivity contribution in [2.45, 2.75) is 31.8 Å². The highest BCUT2D eigenvalue weighted by molar-refractivity contribution is 6.30. The summed E-state index contributed by atoms with van der Waals surface area (Å²) in [5.74, 6) is 0.224. The van der Waals surface area contributed by atoms with Gasteiger partial charge in [-0.2, -0.15) is 5.26 Å². The van der Waals surface area contributed by atoms with Gasteiger partial charge >= 0.3 is 0 Å². The van der Waals surface area contributed by atoms with Crippen LogP contribution in [0.1, 0.15) is 37.4 Å². The van der Waals surface area contributed by atoms with Crippen molar-refractivity contribution in [2.75, 3.05) is 0 Å². The van der Waals surface area contributed by atoms with E-state index in [1.807, 2.05) is 0 Å². The number of nitriles is 1. The molecule has 4 unspecified atom stereocenters. The molecule has 4 heteroatoms. The Morgan fingerprint density at radius 3 is 2.79 bits per heavy atom. The van der Waals surface area contributed by atoms with Crippen molar-refractivity contribution < 1.29 is 9.50 Å². The third-order valence-corrected chi connectivity index (χ3v) is 5.16. The minimum atomic E-state index is -0.931. The van der Waals surface area contributed by atoms with Gasteiger partial charge in [-0.1, -0.05) is 24.1 Å². The van der Waals surface area contributed by atoms with Crippen LogP contribution in [-0.2, 0) is 0 Å². The molecule has 0 aromatic heterocycles. The summed E-state index contributed by atoms with van der Waals surface area (Å²) in [6.07, 6.45) is 2.95. The van der Waals surface area contributed by atoms with Gasteiger partial charge in [-0.3, -0.25) is 0 Å². The quantitative estimate of drug-likeness (QED) is 0.894. The first-order chi connectivity index (χ1) is 9.06. The van der Waals surface area contributed by atoms with Crippen LogP contribution in [0.5, 0.6) is 0 Å². The molecule has 2 fully saturated rings. The summed E-state index contributed by atoms with van der Waals surface area (Å²) >= 11 is 5.65. The molecular formula is C15H15ClFNO. The van der Waals surface area contributed by atoms with Gasteiger partial charge in [-0.25, -0.2) is 4.39 Å². The number of hydrogen-bond acceptors (Lipinski definition) is 2. The molecule has 2 bridgehead atoms. The second-order valence-electron chi connectivity index (χ2n) is 5.81. The van der Waals surface area contributed by atoms with E-state index in [2.05, 4.69) is 6.07 Å². The van der Waals surface area contributed by atoms with Crippen LogP contribution < -0.4 is 0 Å². The second kappa shape index (κ2) is 4.47. The normalized spacial score (nSPS) is 34.2. The van der Waals surface area contributed by atoms with Gasteiger partial charge in [0.25, 0.3) is 0 Å². The molecule has 1 aromatic rings. The summed E-state index contributed by atoms with van der Waals surface area (Å²) in [5.41, 5.74) is -0.292. The minimum absolute atomic E-state index is 0.0369. The molecule has 0 aliphatic heterocycles. The molecule has 2 aliphatic rings. The maximum absolute atomic E-state index is 13.5. The van der Waals surface area contributed by atoms with Crippen LogP contribution in [0.15, 0.2) is 18.2 Å². The van der Waals surface area contributed by atoms with Gasteiger partial charge in [-0.05, 0) is 48.8 Å². The van der Waals surface area contributed by atoms with E-state index in [1.54, 1.807) is 6.07 Å². The van der Waals surface area contributed by atoms with Gasteiger partial charge in [0.15, 0.2) is 0 Å². The summed E-state index contributed by atoms with van der Waals surface area (Å²) in [7, 11) is 0. The van der Waals surface area contributed by atoms with Crippen LogP contribution in [0, 0.1) is 34.4 Å². The largest absolute Gasteiger partial charge is 0.387 e. The lowest BCUT2D eigenvalue weighted by atomic mass is 9.68. The molecule has 0 radical (unpaired) electrons. The van der Waals surface area contributed by atoms with Crippen LogP contribution in [0.4, 0.5) is 4.39 Å². The number of aliphatic hydroxyl groups is 1. The van der Waals surface area contributed by atoms with E-state index < -0.39 is 17.3 Å². The Bertz CT molecular complexity index is 556. The molecule has 4 atom stereocenters. The Kier molecular flexibility index (Phi) is 3.03. The molecule has 0 heterocycles. The summed E-state index contributed by atoms with van der Waals surface area (Å²) < 4.78 is 13.5. The monoisotopic (exact) mass is 279 g/mol. The molecule has 0 spiro atoms. The summed E-state index contributed by atoms with van der Waals surface area (Å²) in [4.78, 5) is 0. The summed E-state index contributed by atoms with van der Waals surface area (Å²) in [6.45, 7) is 0. The van der Waals surface area contributed by atoms with Gasteiger partial charge in [0.05, 0.1) is 22.6 Å². The van der Waals surface area contributed by atoms with Crippen LogP contribution in [0.2, 0.25) is 5.02 Å². The van der Waals surface area contributed by atoms with Crippen LogP contribution in [-0.4, -0.2) is 5.11 Å². The Morgan fingerprint density at radius 1 is 1.47 bits per heavy atom. The summed E-state index contributed by atoms with van der Waals surface area (Å²) in [5, 5.41) is 20.2. The predicted octanol–water partition coefficient (Wildman–Crippen LogP) is 3.84. The Morgan fingerprint density at radius 2 is 2.26 bits per heavy atom. The van der Waals surface area contributed by atoms with E-state index in [0.717, 1.165) is 25.7 Å². The highest BCUT2D eigenvalue weighted by Gasteiger charge is 2.55. The van der Waals surface area contributed by atoms with Crippen LogP contribution in [0.25, 0.3) is 0 Å². The Balaban J connectivity index is 1.96. The van der Waals surface area contributed by atoms with E-state index >= 15 is 0 Å². The average molecular weight is 280 g/mol. The zero-order valence-corrected chi connectivity index (χ0v) is 11.2. The van der Waals surface area contributed by atoms with Gasteiger partial charge < -0.3 is 5.11 Å². The fraction of sp³-hybridized carbons (Fsp3) is 0.533. The van der Waals surface area contributed by atoms with Crippen molar-refractivity contribution >= 4 is 11.6 Å². The van der Waals surface area contributed by atoms with Crippen molar-refractivity contribution in [1.82, 2.24) is 0 Å². The molecule has 2 nitrogen and oxygen atoms in total.